The van der Waals surface area contributed by atoms with Gasteiger partial charge in [0.2, 0.25) is 0 Å². The van der Waals surface area contributed by atoms with Gasteiger partial charge in [0.25, 0.3) is 0 Å². The lowest BCUT2D eigenvalue weighted by molar-refractivity contribution is 0.252. The number of hydrogen-bond acceptors (Lipinski definition) is 4. The van der Waals surface area contributed by atoms with Crippen molar-refractivity contribution in [3.05, 3.63) is 11.1 Å². The molecule has 0 amide bonds. The molecule has 0 saturated heterocycles. The van der Waals surface area contributed by atoms with Crippen LogP contribution < -0.4 is 5.32 Å². The minimum absolute atomic E-state index is 0.368. The van der Waals surface area contributed by atoms with E-state index in [1.807, 2.05) is 5.38 Å². The van der Waals surface area contributed by atoms with Crippen molar-refractivity contribution in [2.45, 2.75) is 34.2 Å². The highest BCUT2D eigenvalue weighted by atomic mass is 32.1. The molecule has 0 aliphatic rings. The third-order valence-corrected chi connectivity index (χ3v) is 3.19. The van der Waals surface area contributed by atoms with Crippen molar-refractivity contribution >= 4 is 11.5 Å². The summed E-state index contributed by atoms with van der Waals surface area (Å²) in [5.74, 6) is 0.661. The Morgan fingerprint density at radius 2 is 2.21 bits per heavy atom. The molecule has 0 aromatic carbocycles. The van der Waals surface area contributed by atoms with Crippen molar-refractivity contribution in [3.8, 4) is 0 Å². The molecule has 14 heavy (non-hydrogen) atoms. The molecule has 0 radical (unpaired) electrons. The summed E-state index contributed by atoms with van der Waals surface area (Å²) in [5.41, 5.74) is 1.41. The maximum Gasteiger partial charge on any atom is 0.0893 e. The molecule has 0 fully saturated rings. The van der Waals surface area contributed by atoms with E-state index in [4.69, 9.17) is 0 Å². The first kappa shape index (κ1) is 11.6. The van der Waals surface area contributed by atoms with Crippen molar-refractivity contribution < 1.29 is 0 Å². The molecule has 1 rings (SSSR count). The lowest BCUT2D eigenvalue weighted by Gasteiger charge is -2.27. The fourth-order valence-electron chi connectivity index (χ4n) is 0.984. The Bertz CT molecular complexity index is 251. The Labute approximate surface area is 90.1 Å². The summed E-state index contributed by atoms with van der Waals surface area (Å²) in [6.07, 6.45) is 0. The summed E-state index contributed by atoms with van der Waals surface area (Å²) in [6, 6.07) is 0. The molecule has 80 valence electrons. The average molecular weight is 213 g/mol. The zero-order valence-electron chi connectivity index (χ0n) is 9.37. The average Bonchev–Trinajstić information content (AvgIpc) is 2.55. The Hall–Kier alpha value is -0.480. The zero-order valence-corrected chi connectivity index (χ0v) is 10.2. The van der Waals surface area contributed by atoms with Gasteiger partial charge >= 0.3 is 0 Å². The summed E-state index contributed by atoms with van der Waals surface area (Å²) in [6.45, 7) is 10.9. The van der Waals surface area contributed by atoms with E-state index in [9.17, 15) is 0 Å². The Balaban J connectivity index is 2.22. The summed E-state index contributed by atoms with van der Waals surface area (Å²) < 4.78 is 3.82. The van der Waals surface area contributed by atoms with Crippen LogP contribution in [-0.2, 0) is 6.54 Å². The van der Waals surface area contributed by atoms with Crippen LogP contribution in [0.1, 0.15) is 33.4 Å². The first-order valence-electron chi connectivity index (χ1n) is 4.97. The quantitative estimate of drug-likeness (QED) is 0.834. The third kappa shape index (κ3) is 3.72. The van der Waals surface area contributed by atoms with Crippen molar-refractivity contribution in [2.24, 2.45) is 11.3 Å². The van der Waals surface area contributed by atoms with Crippen molar-refractivity contribution in [1.29, 1.82) is 0 Å². The van der Waals surface area contributed by atoms with E-state index in [1.165, 1.54) is 11.5 Å². The zero-order chi connectivity index (χ0) is 10.6. The second-order valence-corrected chi connectivity index (χ2v) is 5.40. The highest BCUT2D eigenvalue weighted by molar-refractivity contribution is 7.03. The molecule has 1 aromatic heterocycles. The lowest BCUT2D eigenvalue weighted by atomic mass is 9.82. The Kier molecular flexibility index (Phi) is 4.01. The number of hydrogen-bond donors (Lipinski definition) is 1. The standard InChI is InChI=1S/C10H19N3S/c1-8(10(2,3)4)5-11-6-9-7-14-13-12-9/h7-8,11H,5-6H2,1-4H3. The summed E-state index contributed by atoms with van der Waals surface area (Å²) in [7, 11) is 0. The molecule has 0 aliphatic carbocycles. The third-order valence-electron chi connectivity index (χ3n) is 2.64. The molecule has 1 heterocycles. The normalized spacial score (nSPS) is 14.3. The molecule has 0 aliphatic heterocycles. The number of aromatic nitrogens is 2. The van der Waals surface area contributed by atoms with E-state index in [0.29, 0.717) is 11.3 Å². The maximum atomic E-state index is 3.98. The van der Waals surface area contributed by atoms with Gasteiger partial charge in [0.1, 0.15) is 0 Å². The Morgan fingerprint density at radius 3 is 2.71 bits per heavy atom. The van der Waals surface area contributed by atoms with E-state index in [0.717, 1.165) is 18.8 Å². The van der Waals surface area contributed by atoms with Gasteiger partial charge < -0.3 is 5.32 Å². The van der Waals surface area contributed by atoms with Crippen LogP contribution in [0.4, 0.5) is 0 Å². The molecule has 4 heteroatoms. The lowest BCUT2D eigenvalue weighted by Crippen LogP contribution is -2.29. The molecule has 1 N–H and O–H groups in total. The van der Waals surface area contributed by atoms with Crippen LogP contribution in [0, 0.1) is 11.3 Å². The van der Waals surface area contributed by atoms with E-state index in [2.05, 4.69) is 42.6 Å². The van der Waals surface area contributed by atoms with Gasteiger partial charge in [0.15, 0.2) is 0 Å². The van der Waals surface area contributed by atoms with Crippen LogP contribution in [0.15, 0.2) is 5.38 Å². The van der Waals surface area contributed by atoms with Gasteiger partial charge in [-0.25, -0.2) is 0 Å². The van der Waals surface area contributed by atoms with E-state index in [-0.39, 0.29) is 0 Å². The SMILES string of the molecule is CC(CNCc1csnn1)C(C)(C)C. The molecule has 3 nitrogen and oxygen atoms in total. The van der Waals surface area contributed by atoms with Crippen LogP contribution in [0.5, 0.6) is 0 Å². The van der Waals surface area contributed by atoms with Gasteiger partial charge in [-0.3, -0.25) is 0 Å². The van der Waals surface area contributed by atoms with Crippen LogP contribution in [0.25, 0.3) is 0 Å². The van der Waals surface area contributed by atoms with Gasteiger partial charge in [0.05, 0.1) is 5.69 Å². The van der Waals surface area contributed by atoms with Crippen LogP contribution in [-0.4, -0.2) is 16.1 Å². The van der Waals surface area contributed by atoms with E-state index >= 15 is 0 Å². The predicted octanol–water partition coefficient (Wildman–Crippen LogP) is 2.31. The van der Waals surface area contributed by atoms with Crippen LogP contribution >= 0.6 is 11.5 Å². The van der Waals surface area contributed by atoms with Crippen LogP contribution in [0.3, 0.4) is 0 Å². The molecule has 1 aromatic rings. The highest BCUT2D eigenvalue weighted by Crippen LogP contribution is 2.24. The van der Waals surface area contributed by atoms with Gasteiger partial charge in [-0.1, -0.05) is 32.2 Å². The second-order valence-electron chi connectivity index (χ2n) is 4.79. The molecular weight excluding hydrogens is 194 g/mol. The van der Waals surface area contributed by atoms with Crippen molar-refractivity contribution in [1.82, 2.24) is 14.9 Å². The molecule has 0 saturated carbocycles. The maximum absolute atomic E-state index is 3.98. The molecular formula is C10H19N3S. The van der Waals surface area contributed by atoms with Crippen molar-refractivity contribution in [2.75, 3.05) is 6.54 Å². The van der Waals surface area contributed by atoms with Crippen LogP contribution in [0.2, 0.25) is 0 Å². The molecule has 1 unspecified atom stereocenters. The molecule has 1 atom stereocenters. The van der Waals surface area contributed by atoms with Gasteiger partial charge in [0, 0.05) is 11.9 Å². The van der Waals surface area contributed by atoms with Gasteiger partial charge in [-0.2, -0.15) is 0 Å². The number of nitrogens with one attached hydrogen (secondary N) is 1. The van der Waals surface area contributed by atoms with Crippen molar-refractivity contribution in [3.63, 3.8) is 0 Å². The highest BCUT2D eigenvalue weighted by Gasteiger charge is 2.19. The monoisotopic (exact) mass is 213 g/mol. The Morgan fingerprint density at radius 1 is 1.50 bits per heavy atom. The topological polar surface area (TPSA) is 37.8 Å². The number of nitrogens with zero attached hydrogens (tertiary/aromatic N) is 2. The first-order valence-corrected chi connectivity index (χ1v) is 5.80. The predicted molar refractivity (Wildman–Crippen MR) is 60.2 cm³/mol. The largest absolute Gasteiger partial charge is 0.311 e. The van der Waals surface area contributed by atoms with E-state index < -0.39 is 0 Å². The summed E-state index contributed by atoms with van der Waals surface area (Å²) >= 11 is 1.40. The minimum atomic E-state index is 0.368. The minimum Gasteiger partial charge on any atom is -0.311 e. The van der Waals surface area contributed by atoms with E-state index in [1.54, 1.807) is 0 Å². The molecule has 0 bridgehead atoms. The van der Waals surface area contributed by atoms with Gasteiger partial charge in [-0.05, 0) is 29.4 Å². The fourth-order valence-corrected chi connectivity index (χ4v) is 1.44. The fraction of sp³-hybridized carbons (Fsp3) is 0.800. The van der Waals surface area contributed by atoms with Gasteiger partial charge in [-0.15, -0.1) is 5.10 Å². The first-order chi connectivity index (χ1) is 6.50. The number of rotatable bonds is 4. The smallest absolute Gasteiger partial charge is 0.0893 e. The molecule has 0 spiro atoms. The second kappa shape index (κ2) is 4.84. The summed E-state index contributed by atoms with van der Waals surface area (Å²) in [5, 5.41) is 9.36. The summed E-state index contributed by atoms with van der Waals surface area (Å²) in [4.78, 5) is 0.